The lowest BCUT2D eigenvalue weighted by Gasteiger charge is -2.29. The van der Waals surface area contributed by atoms with Crippen LogP contribution in [0.1, 0.15) is 23.8 Å². The van der Waals surface area contributed by atoms with Gasteiger partial charge < -0.3 is 9.80 Å². The largest absolute Gasteiger partial charge is 0.337 e. The van der Waals surface area contributed by atoms with Gasteiger partial charge in [0.2, 0.25) is 5.91 Å². The Morgan fingerprint density at radius 2 is 2.35 bits per heavy atom. The summed E-state index contributed by atoms with van der Waals surface area (Å²) in [6, 6.07) is 2.16. The lowest BCUT2D eigenvalue weighted by atomic mass is 10.1. The monoisotopic (exact) mass is 312 g/mol. The van der Waals surface area contributed by atoms with E-state index in [9.17, 15) is 4.79 Å². The van der Waals surface area contributed by atoms with E-state index in [1.807, 2.05) is 23.2 Å². The van der Waals surface area contributed by atoms with Crippen LogP contribution in [0, 0.1) is 0 Å². The van der Waals surface area contributed by atoms with E-state index in [0.29, 0.717) is 5.91 Å². The fraction of sp³-hybridized carbons (Fsp3) is 0.667. The summed E-state index contributed by atoms with van der Waals surface area (Å²) in [5.74, 6) is 1.36. The zero-order valence-electron chi connectivity index (χ0n) is 12.6. The third-order valence-electron chi connectivity index (χ3n) is 3.58. The number of nitrogens with zero attached hydrogens (tertiary/aromatic N) is 2. The van der Waals surface area contributed by atoms with E-state index < -0.39 is 0 Å². The van der Waals surface area contributed by atoms with Gasteiger partial charge in [-0.05, 0) is 63.2 Å². The van der Waals surface area contributed by atoms with E-state index in [1.165, 1.54) is 10.4 Å². The van der Waals surface area contributed by atoms with Gasteiger partial charge in [0.25, 0.3) is 0 Å². The number of fused-ring (bicyclic) bond motifs is 1. The van der Waals surface area contributed by atoms with Gasteiger partial charge in [0.15, 0.2) is 0 Å². The SMILES string of the molecule is CC(SCCCN(C)C)C(=O)N1CCc2sccc2C1. The van der Waals surface area contributed by atoms with Gasteiger partial charge in [-0.25, -0.2) is 0 Å². The first-order valence-electron chi connectivity index (χ1n) is 7.18. The van der Waals surface area contributed by atoms with E-state index in [1.54, 1.807) is 11.8 Å². The van der Waals surface area contributed by atoms with Gasteiger partial charge in [0, 0.05) is 18.0 Å². The Balaban J connectivity index is 1.77. The molecule has 1 aliphatic rings. The molecule has 3 nitrogen and oxygen atoms in total. The van der Waals surface area contributed by atoms with Crippen molar-refractivity contribution in [1.82, 2.24) is 9.80 Å². The normalized spacial score (nSPS) is 16.3. The fourth-order valence-electron chi connectivity index (χ4n) is 2.41. The van der Waals surface area contributed by atoms with Crippen molar-refractivity contribution in [3.05, 3.63) is 21.9 Å². The van der Waals surface area contributed by atoms with E-state index in [2.05, 4.69) is 30.4 Å². The zero-order chi connectivity index (χ0) is 14.5. The van der Waals surface area contributed by atoms with Crippen LogP contribution in [0.15, 0.2) is 11.4 Å². The highest BCUT2D eigenvalue weighted by Gasteiger charge is 2.25. The van der Waals surface area contributed by atoms with Crippen molar-refractivity contribution in [2.45, 2.75) is 31.6 Å². The first-order valence-corrected chi connectivity index (χ1v) is 9.11. The van der Waals surface area contributed by atoms with Gasteiger partial charge in [-0.15, -0.1) is 23.1 Å². The zero-order valence-corrected chi connectivity index (χ0v) is 14.2. The Bertz CT molecular complexity index is 445. The molecule has 0 spiro atoms. The van der Waals surface area contributed by atoms with Crippen molar-refractivity contribution in [3.8, 4) is 0 Å². The Hall–Kier alpha value is -0.520. The van der Waals surface area contributed by atoms with Crippen LogP contribution in [-0.2, 0) is 17.8 Å². The highest BCUT2D eigenvalue weighted by atomic mass is 32.2. The van der Waals surface area contributed by atoms with Gasteiger partial charge in [0.05, 0.1) is 5.25 Å². The predicted molar refractivity (Wildman–Crippen MR) is 88.5 cm³/mol. The Morgan fingerprint density at radius 1 is 1.55 bits per heavy atom. The van der Waals surface area contributed by atoms with Crippen molar-refractivity contribution in [3.63, 3.8) is 0 Å². The number of rotatable bonds is 6. The van der Waals surface area contributed by atoms with Crippen LogP contribution in [0.2, 0.25) is 0 Å². The molecule has 20 heavy (non-hydrogen) atoms. The lowest BCUT2D eigenvalue weighted by molar-refractivity contribution is -0.131. The molecule has 1 aromatic heterocycles. The highest BCUT2D eigenvalue weighted by Crippen LogP contribution is 2.25. The molecule has 0 saturated carbocycles. The summed E-state index contributed by atoms with van der Waals surface area (Å²) in [6.07, 6.45) is 2.17. The van der Waals surface area contributed by atoms with Crippen molar-refractivity contribution in [1.29, 1.82) is 0 Å². The molecule has 1 atom stereocenters. The molecule has 2 heterocycles. The summed E-state index contributed by atoms with van der Waals surface area (Å²) in [5, 5.41) is 2.22. The molecular formula is C15H24N2OS2. The van der Waals surface area contributed by atoms with Crippen molar-refractivity contribution in [2.24, 2.45) is 0 Å². The van der Waals surface area contributed by atoms with Gasteiger partial charge in [-0.3, -0.25) is 4.79 Å². The van der Waals surface area contributed by atoms with Gasteiger partial charge in [-0.1, -0.05) is 0 Å². The number of hydrogen-bond donors (Lipinski definition) is 0. The molecule has 0 bridgehead atoms. The average molecular weight is 313 g/mol. The van der Waals surface area contributed by atoms with Gasteiger partial charge in [0.1, 0.15) is 0 Å². The van der Waals surface area contributed by atoms with Crippen LogP contribution in [0.5, 0.6) is 0 Å². The second-order valence-electron chi connectivity index (χ2n) is 5.55. The first-order chi connectivity index (χ1) is 9.58. The Morgan fingerprint density at radius 3 is 3.10 bits per heavy atom. The smallest absolute Gasteiger partial charge is 0.235 e. The predicted octanol–water partition coefficient (Wildman–Crippen LogP) is 2.71. The summed E-state index contributed by atoms with van der Waals surface area (Å²) in [7, 11) is 4.18. The van der Waals surface area contributed by atoms with Crippen LogP contribution >= 0.6 is 23.1 Å². The number of thiophene rings is 1. The Labute approximate surface area is 130 Å². The molecule has 112 valence electrons. The van der Waals surface area contributed by atoms with Gasteiger partial charge >= 0.3 is 0 Å². The van der Waals surface area contributed by atoms with Crippen molar-refractivity contribution in [2.75, 3.05) is 32.9 Å². The molecule has 2 rings (SSSR count). The standard InChI is InChI=1S/C15H24N2OS2/c1-12(19-9-4-7-16(2)3)15(18)17-8-5-14-13(11-17)6-10-20-14/h6,10,12H,4-5,7-9,11H2,1-3H3. The number of carbonyl (C=O) groups is 1. The second-order valence-corrected chi connectivity index (χ2v) is 8.00. The topological polar surface area (TPSA) is 23.6 Å². The van der Waals surface area contributed by atoms with Crippen LogP contribution in [0.3, 0.4) is 0 Å². The first kappa shape index (κ1) is 15.9. The molecule has 0 aliphatic carbocycles. The quantitative estimate of drug-likeness (QED) is 0.755. The number of carbonyl (C=O) groups excluding carboxylic acids is 1. The second kappa shape index (κ2) is 7.48. The molecule has 5 heteroatoms. The lowest BCUT2D eigenvalue weighted by Crippen LogP contribution is -2.39. The van der Waals surface area contributed by atoms with E-state index in [-0.39, 0.29) is 5.25 Å². The summed E-state index contributed by atoms with van der Waals surface area (Å²) in [5.41, 5.74) is 1.35. The molecule has 0 N–H and O–H groups in total. The van der Waals surface area contributed by atoms with Crippen LogP contribution in [-0.4, -0.2) is 53.9 Å². The Kier molecular flexibility index (Phi) is 5.93. The van der Waals surface area contributed by atoms with Crippen LogP contribution in [0.25, 0.3) is 0 Å². The fourth-order valence-corrected chi connectivity index (χ4v) is 4.24. The minimum Gasteiger partial charge on any atom is -0.337 e. The van der Waals surface area contributed by atoms with E-state index in [4.69, 9.17) is 0 Å². The van der Waals surface area contributed by atoms with Crippen LogP contribution < -0.4 is 0 Å². The average Bonchev–Trinajstić information content (AvgIpc) is 2.89. The third-order valence-corrected chi connectivity index (χ3v) is 5.83. The van der Waals surface area contributed by atoms with E-state index in [0.717, 1.165) is 38.2 Å². The molecule has 0 fully saturated rings. The molecule has 0 radical (unpaired) electrons. The van der Waals surface area contributed by atoms with Gasteiger partial charge in [-0.2, -0.15) is 0 Å². The maximum Gasteiger partial charge on any atom is 0.235 e. The maximum atomic E-state index is 12.5. The molecular weight excluding hydrogens is 288 g/mol. The molecule has 0 aromatic carbocycles. The summed E-state index contributed by atoms with van der Waals surface area (Å²) in [4.78, 5) is 18.1. The number of hydrogen-bond acceptors (Lipinski definition) is 4. The number of amides is 1. The minimum atomic E-state index is 0.0809. The van der Waals surface area contributed by atoms with Crippen molar-refractivity contribution >= 4 is 29.0 Å². The third kappa shape index (κ3) is 4.24. The van der Waals surface area contributed by atoms with Crippen molar-refractivity contribution < 1.29 is 4.79 Å². The van der Waals surface area contributed by atoms with Crippen LogP contribution in [0.4, 0.5) is 0 Å². The maximum absolute atomic E-state index is 12.5. The molecule has 1 unspecified atom stereocenters. The minimum absolute atomic E-state index is 0.0809. The molecule has 1 aromatic rings. The van der Waals surface area contributed by atoms with E-state index >= 15 is 0 Å². The summed E-state index contributed by atoms with van der Waals surface area (Å²) < 4.78 is 0. The summed E-state index contributed by atoms with van der Waals surface area (Å²) in [6.45, 7) is 4.83. The molecule has 1 amide bonds. The summed E-state index contributed by atoms with van der Waals surface area (Å²) >= 11 is 3.61. The highest BCUT2D eigenvalue weighted by molar-refractivity contribution is 8.00. The number of thioether (sulfide) groups is 1. The molecule has 0 saturated heterocycles. The molecule has 1 aliphatic heterocycles.